The summed E-state index contributed by atoms with van der Waals surface area (Å²) in [7, 11) is 0. The number of carbonyl (C=O) groups excluding carboxylic acids is 1. The monoisotopic (exact) mass is 257 g/mol. The molecule has 0 fully saturated rings. The van der Waals surface area contributed by atoms with E-state index in [4.69, 9.17) is 16.2 Å². The average molecular weight is 257 g/mol. The molecule has 0 aliphatic rings. The number of anilines is 1. The summed E-state index contributed by atoms with van der Waals surface area (Å²) in [6, 6.07) is 8.76. The third kappa shape index (κ3) is 3.22. The summed E-state index contributed by atoms with van der Waals surface area (Å²) in [5.74, 6) is -0.206. The van der Waals surface area contributed by atoms with Crippen molar-refractivity contribution >= 4 is 11.6 Å². The van der Waals surface area contributed by atoms with Gasteiger partial charge in [0.25, 0.3) is 5.91 Å². The van der Waals surface area contributed by atoms with Crippen molar-refractivity contribution in [2.24, 2.45) is 5.73 Å². The molecule has 1 aromatic carbocycles. The van der Waals surface area contributed by atoms with Gasteiger partial charge in [0.15, 0.2) is 5.75 Å². The number of rotatable bonds is 5. The molecule has 0 aliphatic carbocycles. The van der Waals surface area contributed by atoms with Crippen LogP contribution in [0.2, 0.25) is 0 Å². The lowest BCUT2D eigenvalue weighted by Gasteiger charge is -2.11. The van der Waals surface area contributed by atoms with E-state index < -0.39 is 5.91 Å². The second-order valence-electron chi connectivity index (χ2n) is 4.05. The summed E-state index contributed by atoms with van der Waals surface area (Å²) in [5.41, 5.74) is 12.8. The van der Waals surface area contributed by atoms with Crippen molar-refractivity contribution < 1.29 is 9.53 Å². The molecule has 98 valence electrons. The van der Waals surface area contributed by atoms with Gasteiger partial charge >= 0.3 is 0 Å². The van der Waals surface area contributed by atoms with Crippen LogP contribution in [0.4, 0.5) is 5.69 Å². The van der Waals surface area contributed by atoms with Crippen molar-refractivity contribution in [1.82, 2.24) is 4.98 Å². The molecule has 0 saturated carbocycles. The summed E-state index contributed by atoms with van der Waals surface area (Å²) in [4.78, 5) is 15.3. The number of pyridine rings is 1. The van der Waals surface area contributed by atoms with Gasteiger partial charge in [0.1, 0.15) is 0 Å². The van der Waals surface area contributed by atoms with Gasteiger partial charge in [0, 0.05) is 18.8 Å². The van der Waals surface area contributed by atoms with Crippen molar-refractivity contribution in [1.29, 1.82) is 0 Å². The zero-order valence-electron chi connectivity index (χ0n) is 10.4. The number of benzene rings is 1. The number of hydrogen-bond donors (Lipinski definition) is 2. The van der Waals surface area contributed by atoms with Crippen LogP contribution in [-0.2, 0) is 6.42 Å². The molecular formula is C14H15N3O2. The summed E-state index contributed by atoms with van der Waals surface area (Å²) >= 11 is 0. The minimum Gasteiger partial charge on any atom is -0.490 e. The fourth-order valence-electron chi connectivity index (χ4n) is 1.73. The molecule has 19 heavy (non-hydrogen) atoms. The Morgan fingerprint density at radius 3 is 2.79 bits per heavy atom. The van der Waals surface area contributed by atoms with Crippen molar-refractivity contribution in [3.8, 4) is 5.75 Å². The van der Waals surface area contributed by atoms with Crippen molar-refractivity contribution in [2.75, 3.05) is 12.3 Å². The fraction of sp³-hybridized carbons (Fsp3) is 0.143. The van der Waals surface area contributed by atoms with Crippen LogP contribution >= 0.6 is 0 Å². The number of nitrogens with two attached hydrogens (primary N) is 2. The molecule has 4 N–H and O–H groups in total. The summed E-state index contributed by atoms with van der Waals surface area (Å²) in [5, 5.41) is 0. The van der Waals surface area contributed by atoms with Crippen LogP contribution in [-0.4, -0.2) is 17.5 Å². The molecule has 0 bridgehead atoms. The van der Waals surface area contributed by atoms with E-state index in [0.717, 1.165) is 5.56 Å². The van der Waals surface area contributed by atoms with E-state index in [1.54, 1.807) is 30.6 Å². The Labute approximate surface area is 111 Å². The van der Waals surface area contributed by atoms with Gasteiger partial charge < -0.3 is 16.2 Å². The van der Waals surface area contributed by atoms with E-state index in [1.807, 2.05) is 12.1 Å². The van der Waals surface area contributed by atoms with Gasteiger partial charge in [-0.1, -0.05) is 12.1 Å². The lowest BCUT2D eigenvalue weighted by atomic mass is 10.1. The molecule has 0 spiro atoms. The molecule has 1 heterocycles. The molecule has 0 saturated heterocycles. The number of amides is 1. The maximum atomic E-state index is 11.3. The highest BCUT2D eigenvalue weighted by Crippen LogP contribution is 2.26. The highest BCUT2D eigenvalue weighted by Gasteiger charge is 2.12. The topological polar surface area (TPSA) is 91.2 Å². The smallest absolute Gasteiger partial charge is 0.252 e. The molecule has 0 unspecified atom stereocenters. The number of nitrogen functional groups attached to an aromatic ring is 1. The SMILES string of the molecule is NC(=O)c1cccc(N)c1OCCc1cccnc1. The van der Waals surface area contributed by atoms with Crippen LogP contribution < -0.4 is 16.2 Å². The highest BCUT2D eigenvalue weighted by atomic mass is 16.5. The van der Waals surface area contributed by atoms with Gasteiger partial charge in [-0.2, -0.15) is 0 Å². The first-order valence-corrected chi connectivity index (χ1v) is 5.88. The highest BCUT2D eigenvalue weighted by molar-refractivity contribution is 5.97. The van der Waals surface area contributed by atoms with Crippen LogP contribution in [0.5, 0.6) is 5.75 Å². The van der Waals surface area contributed by atoms with Crippen molar-refractivity contribution in [3.63, 3.8) is 0 Å². The minimum absolute atomic E-state index is 0.297. The Bertz CT molecular complexity index is 570. The normalized spacial score (nSPS) is 10.1. The first-order chi connectivity index (χ1) is 9.18. The lowest BCUT2D eigenvalue weighted by Crippen LogP contribution is -2.15. The Kier molecular flexibility index (Phi) is 3.97. The van der Waals surface area contributed by atoms with Gasteiger partial charge in [-0.05, 0) is 23.8 Å². The van der Waals surface area contributed by atoms with Gasteiger partial charge in [0.2, 0.25) is 0 Å². The van der Waals surface area contributed by atoms with Gasteiger partial charge in [0.05, 0.1) is 17.9 Å². The summed E-state index contributed by atoms with van der Waals surface area (Å²) in [6.45, 7) is 0.403. The van der Waals surface area contributed by atoms with Gasteiger partial charge in [-0.25, -0.2) is 0 Å². The molecule has 2 aromatic rings. The Morgan fingerprint density at radius 1 is 1.26 bits per heavy atom. The van der Waals surface area contributed by atoms with E-state index in [0.29, 0.717) is 30.0 Å². The molecule has 1 aromatic heterocycles. The van der Waals surface area contributed by atoms with E-state index in [-0.39, 0.29) is 0 Å². The van der Waals surface area contributed by atoms with E-state index in [1.165, 1.54) is 0 Å². The summed E-state index contributed by atoms with van der Waals surface area (Å²) in [6.07, 6.45) is 4.16. The number of ether oxygens (including phenoxy) is 1. The third-order valence-corrected chi connectivity index (χ3v) is 2.67. The van der Waals surface area contributed by atoms with E-state index in [2.05, 4.69) is 4.98 Å². The molecule has 0 atom stereocenters. The Balaban J connectivity index is 2.05. The van der Waals surface area contributed by atoms with Crippen LogP contribution in [0, 0.1) is 0 Å². The zero-order chi connectivity index (χ0) is 13.7. The molecule has 2 rings (SSSR count). The maximum absolute atomic E-state index is 11.3. The first kappa shape index (κ1) is 12.9. The molecule has 0 aliphatic heterocycles. The van der Waals surface area contributed by atoms with Crippen LogP contribution in [0.25, 0.3) is 0 Å². The van der Waals surface area contributed by atoms with Crippen LogP contribution in [0.15, 0.2) is 42.7 Å². The molecule has 1 amide bonds. The predicted octanol–water partition coefficient (Wildman–Crippen LogP) is 1.38. The summed E-state index contributed by atoms with van der Waals surface area (Å²) < 4.78 is 5.58. The van der Waals surface area contributed by atoms with Gasteiger partial charge in [-0.3, -0.25) is 9.78 Å². The fourth-order valence-corrected chi connectivity index (χ4v) is 1.73. The number of para-hydroxylation sites is 1. The number of hydrogen-bond acceptors (Lipinski definition) is 4. The number of nitrogens with zero attached hydrogens (tertiary/aromatic N) is 1. The predicted molar refractivity (Wildman–Crippen MR) is 72.8 cm³/mol. The van der Waals surface area contributed by atoms with E-state index >= 15 is 0 Å². The van der Waals surface area contributed by atoms with E-state index in [9.17, 15) is 4.79 Å². The Morgan fingerprint density at radius 2 is 2.11 bits per heavy atom. The van der Waals surface area contributed by atoms with Crippen molar-refractivity contribution in [3.05, 3.63) is 53.9 Å². The average Bonchev–Trinajstić information content (AvgIpc) is 2.41. The lowest BCUT2D eigenvalue weighted by molar-refractivity contribution is 0.0996. The maximum Gasteiger partial charge on any atom is 0.252 e. The first-order valence-electron chi connectivity index (χ1n) is 5.88. The molecular weight excluding hydrogens is 242 g/mol. The second-order valence-corrected chi connectivity index (χ2v) is 4.05. The second kappa shape index (κ2) is 5.86. The number of primary amides is 1. The van der Waals surface area contributed by atoms with Crippen molar-refractivity contribution in [2.45, 2.75) is 6.42 Å². The standard InChI is InChI=1S/C14H15N3O2/c15-12-5-1-4-11(14(16)18)13(12)19-8-6-10-3-2-7-17-9-10/h1-5,7,9H,6,8,15H2,(H2,16,18). The molecule has 0 radical (unpaired) electrons. The minimum atomic E-state index is -0.552. The molecule has 5 heteroatoms. The number of carbonyl (C=O) groups is 1. The quantitative estimate of drug-likeness (QED) is 0.792. The largest absolute Gasteiger partial charge is 0.490 e. The Hall–Kier alpha value is -2.56. The van der Waals surface area contributed by atoms with Crippen LogP contribution in [0.1, 0.15) is 15.9 Å². The van der Waals surface area contributed by atoms with Gasteiger partial charge in [-0.15, -0.1) is 0 Å². The number of aromatic nitrogens is 1. The molecule has 5 nitrogen and oxygen atoms in total. The zero-order valence-corrected chi connectivity index (χ0v) is 10.4. The van der Waals surface area contributed by atoms with Crippen LogP contribution in [0.3, 0.4) is 0 Å². The third-order valence-electron chi connectivity index (χ3n) is 2.67.